The van der Waals surface area contributed by atoms with Crippen LogP contribution < -0.4 is 4.74 Å². The van der Waals surface area contributed by atoms with Gasteiger partial charge in [0.1, 0.15) is 11.9 Å². The van der Waals surface area contributed by atoms with Crippen molar-refractivity contribution in [2.24, 2.45) is 0 Å². The Morgan fingerprint density at radius 3 is 1.80 bits per heavy atom. The Kier molecular flexibility index (Phi) is 7.70. The maximum Gasteiger partial charge on any atom is 0.164 e. The SMILES string of the molecule is C1=C(c2ccc(-c3nc(-c4ccccc4)c4sc5ccccc5c4n3)cc2)C=C2c3c(cccc3-c3nc(-c4ccccc4)nc(-c4ccccc4)n3)OC2C1. The van der Waals surface area contributed by atoms with Crippen LogP contribution in [-0.4, -0.2) is 31.0 Å². The molecule has 6 aromatic carbocycles. The molecule has 3 aromatic heterocycles. The van der Waals surface area contributed by atoms with Crippen molar-refractivity contribution in [3.8, 4) is 62.6 Å². The molecule has 0 fully saturated rings. The Bertz CT molecular complexity index is 2950. The van der Waals surface area contributed by atoms with Gasteiger partial charge >= 0.3 is 0 Å². The smallest absolute Gasteiger partial charge is 0.164 e. The average Bonchev–Trinajstić information content (AvgIpc) is 3.85. The number of nitrogens with zero attached hydrogens (tertiary/aromatic N) is 5. The fourth-order valence-corrected chi connectivity index (χ4v) is 8.90. The number of fused-ring (bicyclic) bond motifs is 6. The number of hydrogen-bond donors (Lipinski definition) is 0. The van der Waals surface area contributed by atoms with Crippen LogP contribution in [0.15, 0.2) is 170 Å². The van der Waals surface area contributed by atoms with Crippen molar-refractivity contribution in [3.63, 3.8) is 0 Å². The lowest BCUT2D eigenvalue weighted by Crippen LogP contribution is -2.13. The molecule has 0 amide bonds. The van der Waals surface area contributed by atoms with E-state index in [2.05, 4.69) is 91.0 Å². The molecule has 0 spiro atoms. The summed E-state index contributed by atoms with van der Waals surface area (Å²) in [5, 5.41) is 1.15. The van der Waals surface area contributed by atoms with E-state index in [1.54, 1.807) is 11.3 Å². The van der Waals surface area contributed by atoms with Gasteiger partial charge in [0.25, 0.3) is 0 Å². The zero-order chi connectivity index (χ0) is 37.0. The van der Waals surface area contributed by atoms with E-state index in [-0.39, 0.29) is 6.10 Å². The maximum absolute atomic E-state index is 6.57. The number of ether oxygens (including phenoxy) is 1. The van der Waals surface area contributed by atoms with Crippen molar-refractivity contribution >= 4 is 42.8 Å². The third-order valence-electron chi connectivity index (χ3n) is 10.5. The first-order chi connectivity index (χ1) is 27.7. The van der Waals surface area contributed by atoms with Crippen LogP contribution in [0, 0.1) is 0 Å². The molecule has 0 saturated carbocycles. The summed E-state index contributed by atoms with van der Waals surface area (Å²) in [6.07, 6.45) is 5.20. The minimum absolute atomic E-state index is 0.0878. The molecule has 1 aliphatic carbocycles. The van der Waals surface area contributed by atoms with Gasteiger partial charge in [-0.1, -0.05) is 152 Å². The Morgan fingerprint density at radius 2 is 1.09 bits per heavy atom. The summed E-state index contributed by atoms with van der Waals surface area (Å²) in [6.45, 7) is 0. The Hall–Kier alpha value is -7.09. The van der Waals surface area contributed by atoms with Gasteiger partial charge in [-0.2, -0.15) is 0 Å². The molecular weight excluding hydrogens is 707 g/mol. The zero-order valence-electron chi connectivity index (χ0n) is 30.0. The molecule has 6 nitrogen and oxygen atoms in total. The highest BCUT2D eigenvalue weighted by Gasteiger charge is 2.33. The number of benzene rings is 6. The summed E-state index contributed by atoms with van der Waals surface area (Å²) < 4.78 is 8.89. The quantitative estimate of drug-likeness (QED) is 0.169. The van der Waals surface area contributed by atoms with Crippen molar-refractivity contribution in [2.45, 2.75) is 12.5 Å². The van der Waals surface area contributed by atoms with Crippen LogP contribution in [0.2, 0.25) is 0 Å². The Labute approximate surface area is 327 Å². The topological polar surface area (TPSA) is 73.7 Å². The standard InChI is InChI=1S/C49H31N5OS/c1-4-13-31(14-5-1)43-45-44(36-19-10-11-22-41(36)56-45)51-46(50-43)34-25-23-30(24-26-34)35-27-28-39-38(29-35)42-37(20-12-21-40(42)55-39)49-53-47(32-15-6-2-7-16-32)52-48(54-49)33-17-8-3-9-18-33/h1-27,29,39H,28H2. The Balaban J connectivity index is 0.975. The van der Waals surface area contributed by atoms with E-state index in [1.807, 2.05) is 78.9 Å². The van der Waals surface area contributed by atoms with Crippen LogP contribution >= 0.6 is 11.3 Å². The van der Waals surface area contributed by atoms with Gasteiger partial charge in [0, 0.05) is 55.5 Å². The number of aromatic nitrogens is 5. The molecule has 7 heteroatoms. The summed E-state index contributed by atoms with van der Waals surface area (Å²) >= 11 is 1.75. The van der Waals surface area contributed by atoms with Crippen molar-refractivity contribution in [1.82, 2.24) is 24.9 Å². The predicted molar refractivity (Wildman–Crippen MR) is 227 cm³/mol. The normalized spacial score (nSPS) is 14.5. The first kappa shape index (κ1) is 32.3. The van der Waals surface area contributed by atoms with E-state index < -0.39 is 0 Å². The van der Waals surface area contributed by atoms with E-state index in [0.29, 0.717) is 23.3 Å². The highest BCUT2D eigenvalue weighted by Crippen LogP contribution is 2.47. The lowest BCUT2D eigenvalue weighted by molar-refractivity contribution is 0.279. The molecule has 2 aliphatic rings. The minimum atomic E-state index is -0.0878. The van der Waals surface area contributed by atoms with Crippen LogP contribution in [0.1, 0.15) is 17.5 Å². The summed E-state index contributed by atoms with van der Waals surface area (Å²) in [4.78, 5) is 25.4. The van der Waals surface area contributed by atoms with Gasteiger partial charge in [0.05, 0.1) is 15.9 Å². The van der Waals surface area contributed by atoms with Crippen molar-refractivity contribution in [2.75, 3.05) is 0 Å². The number of rotatable bonds is 6. The van der Waals surface area contributed by atoms with E-state index in [9.17, 15) is 0 Å². The van der Waals surface area contributed by atoms with Crippen LogP contribution in [-0.2, 0) is 0 Å². The van der Waals surface area contributed by atoms with Crippen LogP contribution in [0.3, 0.4) is 0 Å². The highest BCUT2D eigenvalue weighted by molar-refractivity contribution is 7.26. The predicted octanol–water partition coefficient (Wildman–Crippen LogP) is 12.0. The van der Waals surface area contributed by atoms with Crippen LogP contribution in [0.25, 0.3) is 88.3 Å². The summed E-state index contributed by atoms with van der Waals surface area (Å²) in [5.41, 5.74) is 11.2. The van der Waals surface area contributed by atoms with Gasteiger partial charge in [-0.25, -0.2) is 24.9 Å². The van der Waals surface area contributed by atoms with E-state index in [0.717, 1.165) is 83.6 Å². The largest absolute Gasteiger partial charge is 0.485 e. The fraction of sp³-hybridized carbons (Fsp3) is 0.0408. The van der Waals surface area contributed by atoms with E-state index in [1.165, 1.54) is 4.70 Å². The monoisotopic (exact) mass is 737 g/mol. The molecule has 264 valence electrons. The lowest BCUT2D eigenvalue weighted by atomic mass is 9.88. The highest BCUT2D eigenvalue weighted by atomic mass is 32.1. The number of allylic oxidation sites excluding steroid dienone is 2. The molecule has 0 N–H and O–H groups in total. The molecular formula is C49H31N5OS. The molecule has 0 bridgehead atoms. The third-order valence-corrected chi connectivity index (χ3v) is 11.6. The molecule has 4 heterocycles. The maximum atomic E-state index is 6.57. The van der Waals surface area contributed by atoms with Gasteiger partial charge in [-0.05, 0) is 29.3 Å². The summed E-state index contributed by atoms with van der Waals surface area (Å²) in [5.74, 6) is 3.44. The van der Waals surface area contributed by atoms with Gasteiger partial charge in [-0.3, -0.25) is 0 Å². The van der Waals surface area contributed by atoms with Gasteiger partial charge in [-0.15, -0.1) is 11.3 Å². The van der Waals surface area contributed by atoms with E-state index in [4.69, 9.17) is 29.7 Å². The fourth-order valence-electron chi connectivity index (χ4n) is 7.75. The third kappa shape index (κ3) is 5.60. The second kappa shape index (κ2) is 13.3. The average molecular weight is 738 g/mol. The lowest BCUT2D eigenvalue weighted by Gasteiger charge is -2.18. The number of thiophene rings is 1. The first-order valence-corrected chi connectivity index (χ1v) is 19.5. The van der Waals surface area contributed by atoms with Crippen molar-refractivity contribution in [3.05, 3.63) is 181 Å². The molecule has 0 saturated heterocycles. The first-order valence-electron chi connectivity index (χ1n) is 18.7. The van der Waals surface area contributed by atoms with Gasteiger partial charge in [0.15, 0.2) is 23.3 Å². The summed E-state index contributed by atoms with van der Waals surface area (Å²) in [6, 6.07) is 53.8. The second-order valence-corrected chi connectivity index (χ2v) is 15.0. The Morgan fingerprint density at radius 1 is 0.500 bits per heavy atom. The van der Waals surface area contributed by atoms with Gasteiger partial charge < -0.3 is 4.74 Å². The minimum Gasteiger partial charge on any atom is -0.485 e. The summed E-state index contributed by atoms with van der Waals surface area (Å²) in [7, 11) is 0. The number of hydrogen-bond acceptors (Lipinski definition) is 7. The molecule has 1 aliphatic heterocycles. The zero-order valence-corrected chi connectivity index (χ0v) is 30.8. The molecule has 9 aromatic rings. The molecule has 1 atom stereocenters. The van der Waals surface area contributed by atoms with E-state index >= 15 is 0 Å². The van der Waals surface area contributed by atoms with Crippen LogP contribution in [0.5, 0.6) is 5.75 Å². The molecule has 1 unspecified atom stereocenters. The second-order valence-electron chi connectivity index (χ2n) is 13.9. The molecule has 0 radical (unpaired) electrons. The molecule has 11 rings (SSSR count). The van der Waals surface area contributed by atoms with Crippen LogP contribution in [0.4, 0.5) is 0 Å². The van der Waals surface area contributed by atoms with Gasteiger partial charge in [0.2, 0.25) is 0 Å². The van der Waals surface area contributed by atoms with Crippen molar-refractivity contribution < 1.29 is 4.74 Å². The molecule has 56 heavy (non-hydrogen) atoms. The van der Waals surface area contributed by atoms with Crippen molar-refractivity contribution in [1.29, 1.82) is 0 Å².